The molecule has 3 fully saturated rings. The molecule has 0 radical (unpaired) electrons. The highest BCUT2D eigenvalue weighted by molar-refractivity contribution is 5.89. The minimum absolute atomic E-state index is 0.0892. The molecule has 0 aromatic heterocycles. The van der Waals surface area contributed by atoms with Crippen LogP contribution in [0.2, 0.25) is 0 Å². The van der Waals surface area contributed by atoms with E-state index in [2.05, 4.69) is 27.7 Å². The van der Waals surface area contributed by atoms with Crippen LogP contribution in [0.15, 0.2) is 24.3 Å². The van der Waals surface area contributed by atoms with E-state index in [-0.39, 0.29) is 29.0 Å². The maximum absolute atomic E-state index is 13.0. The number of ether oxygens (including phenoxy) is 3. The number of hydrogen-bond acceptors (Lipinski definition) is 4. The Morgan fingerprint density at radius 2 is 1.85 bits per heavy atom. The van der Waals surface area contributed by atoms with Gasteiger partial charge >= 0.3 is 5.97 Å². The Hall–Kier alpha value is -1.55. The summed E-state index contributed by atoms with van der Waals surface area (Å²) in [4.78, 5) is 13.0. The summed E-state index contributed by atoms with van der Waals surface area (Å²) in [5.74, 6) is 1.64. The Labute approximate surface area is 162 Å². The molecule has 1 aliphatic carbocycles. The molecule has 2 heterocycles. The average Bonchev–Trinajstić information content (AvgIpc) is 3.14. The van der Waals surface area contributed by atoms with Crippen molar-refractivity contribution in [3.8, 4) is 5.75 Å². The van der Waals surface area contributed by atoms with Gasteiger partial charge in [-0.15, -0.1) is 0 Å². The summed E-state index contributed by atoms with van der Waals surface area (Å²) in [6.45, 7) is 9.09. The van der Waals surface area contributed by atoms with E-state index in [1.54, 1.807) is 19.2 Å². The van der Waals surface area contributed by atoms with Gasteiger partial charge < -0.3 is 14.2 Å². The van der Waals surface area contributed by atoms with E-state index >= 15 is 0 Å². The Morgan fingerprint density at radius 3 is 2.48 bits per heavy atom. The number of rotatable bonds is 4. The fourth-order valence-corrected chi connectivity index (χ4v) is 6.17. The first-order valence-electron chi connectivity index (χ1n) is 10.3. The minimum Gasteiger partial charge on any atom is -0.497 e. The molecule has 0 amide bonds. The SMILES string of the molecule is COc1ccc(C(=O)OC2C(C(C)C)CCC3(C)C4CCC(C)(O4)C23)cc1. The maximum Gasteiger partial charge on any atom is 0.338 e. The lowest BCUT2D eigenvalue weighted by atomic mass is 9.53. The van der Waals surface area contributed by atoms with Gasteiger partial charge in [0.1, 0.15) is 11.9 Å². The topological polar surface area (TPSA) is 44.8 Å². The monoisotopic (exact) mass is 372 g/mol. The third kappa shape index (κ3) is 2.88. The number of fused-ring (bicyclic) bond motifs is 5. The molecular weight excluding hydrogens is 340 g/mol. The van der Waals surface area contributed by atoms with E-state index in [4.69, 9.17) is 14.2 Å². The molecule has 3 aliphatic rings. The molecule has 6 unspecified atom stereocenters. The van der Waals surface area contributed by atoms with Crippen LogP contribution in [0.3, 0.4) is 0 Å². The van der Waals surface area contributed by atoms with Gasteiger partial charge in [-0.05, 0) is 68.7 Å². The molecule has 27 heavy (non-hydrogen) atoms. The molecular formula is C23H32O4. The Kier molecular flexibility index (Phi) is 4.53. The maximum atomic E-state index is 13.0. The Morgan fingerprint density at radius 1 is 1.15 bits per heavy atom. The second-order valence-electron chi connectivity index (χ2n) is 9.49. The number of hydrogen-bond donors (Lipinski definition) is 0. The highest BCUT2D eigenvalue weighted by atomic mass is 16.6. The number of benzene rings is 1. The summed E-state index contributed by atoms with van der Waals surface area (Å²) in [6.07, 6.45) is 4.68. The zero-order chi connectivity index (χ0) is 19.4. The predicted octanol–water partition coefficient (Wildman–Crippen LogP) is 4.86. The van der Waals surface area contributed by atoms with Crippen molar-refractivity contribution < 1.29 is 19.0 Å². The first-order chi connectivity index (χ1) is 12.8. The largest absolute Gasteiger partial charge is 0.497 e. The summed E-state index contributed by atoms with van der Waals surface area (Å²) < 4.78 is 17.9. The lowest BCUT2D eigenvalue weighted by Crippen LogP contribution is -2.56. The standard InChI is InChI=1S/C23H32O4/c1-14(2)17-10-12-22(3)18-11-13-23(4,27-18)20(22)19(17)26-21(24)15-6-8-16(25-5)9-7-15/h6-9,14,17-20H,10-13H2,1-5H3. The quantitative estimate of drug-likeness (QED) is 0.708. The summed E-state index contributed by atoms with van der Waals surface area (Å²) in [6, 6.07) is 7.19. The molecule has 2 bridgehead atoms. The molecule has 0 spiro atoms. The zero-order valence-corrected chi connectivity index (χ0v) is 17.2. The van der Waals surface area contributed by atoms with Crippen molar-refractivity contribution in [2.24, 2.45) is 23.2 Å². The number of esters is 1. The van der Waals surface area contributed by atoms with Gasteiger partial charge in [0.15, 0.2) is 0 Å². The number of methoxy groups -OCH3 is 1. The van der Waals surface area contributed by atoms with Gasteiger partial charge in [-0.25, -0.2) is 4.79 Å². The summed E-state index contributed by atoms with van der Waals surface area (Å²) in [7, 11) is 1.62. The van der Waals surface area contributed by atoms with E-state index in [9.17, 15) is 4.79 Å². The van der Waals surface area contributed by atoms with Crippen LogP contribution in [0, 0.1) is 23.2 Å². The molecule has 1 aromatic carbocycles. The fourth-order valence-electron chi connectivity index (χ4n) is 6.17. The number of carbonyl (C=O) groups excluding carboxylic acids is 1. The Bertz CT molecular complexity index is 712. The van der Waals surface area contributed by atoms with Crippen molar-refractivity contribution in [2.75, 3.05) is 7.11 Å². The van der Waals surface area contributed by atoms with Crippen LogP contribution in [0.4, 0.5) is 0 Å². The molecule has 4 heteroatoms. The molecule has 0 N–H and O–H groups in total. The van der Waals surface area contributed by atoms with Crippen LogP contribution in [-0.2, 0) is 9.47 Å². The van der Waals surface area contributed by atoms with Gasteiger partial charge in [0.05, 0.1) is 24.4 Å². The minimum atomic E-state index is -0.232. The van der Waals surface area contributed by atoms with Gasteiger partial charge in [-0.3, -0.25) is 0 Å². The van der Waals surface area contributed by atoms with E-state index in [0.29, 0.717) is 23.5 Å². The molecule has 2 aliphatic heterocycles. The summed E-state index contributed by atoms with van der Waals surface area (Å²) in [5.41, 5.74) is 0.529. The summed E-state index contributed by atoms with van der Waals surface area (Å²) >= 11 is 0. The third-order valence-electron chi connectivity index (χ3n) is 7.61. The molecule has 2 saturated heterocycles. The van der Waals surface area contributed by atoms with Crippen LogP contribution in [0.25, 0.3) is 0 Å². The summed E-state index contributed by atoms with van der Waals surface area (Å²) in [5, 5.41) is 0. The fraction of sp³-hybridized carbons (Fsp3) is 0.696. The van der Waals surface area contributed by atoms with Crippen LogP contribution < -0.4 is 4.74 Å². The first-order valence-corrected chi connectivity index (χ1v) is 10.3. The van der Waals surface area contributed by atoms with Gasteiger partial charge in [-0.1, -0.05) is 20.8 Å². The van der Waals surface area contributed by atoms with Gasteiger partial charge in [-0.2, -0.15) is 0 Å². The lowest BCUT2D eigenvalue weighted by molar-refractivity contribution is -0.106. The first kappa shape index (κ1) is 18.8. The molecule has 4 nitrogen and oxygen atoms in total. The van der Waals surface area contributed by atoms with Crippen LogP contribution in [0.5, 0.6) is 5.75 Å². The van der Waals surface area contributed by atoms with E-state index in [1.807, 2.05) is 12.1 Å². The lowest BCUT2D eigenvalue weighted by Gasteiger charge is -2.52. The predicted molar refractivity (Wildman–Crippen MR) is 104 cm³/mol. The second kappa shape index (κ2) is 6.51. The van der Waals surface area contributed by atoms with Crippen molar-refractivity contribution in [2.45, 2.75) is 71.2 Å². The van der Waals surface area contributed by atoms with Crippen LogP contribution >= 0.6 is 0 Å². The van der Waals surface area contributed by atoms with Crippen LogP contribution in [-0.4, -0.2) is 30.9 Å². The molecule has 4 rings (SSSR count). The van der Waals surface area contributed by atoms with E-state index in [0.717, 1.165) is 31.4 Å². The van der Waals surface area contributed by atoms with Gasteiger partial charge in [0.2, 0.25) is 0 Å². The smallest absolute Gasteiger partial charge is 0.338 e. The number of carbonyl (C=O) groups is 1. The molecule has 148 valence electrons. The van der Waals surface area contributed by atoms with Crippen molar-refractivity contribution in [1.29, 1.82) is 0 Å². The van der Waals surface area contributed by atoms with E-state index in [1.165, 1.54) is 0 Å². The van der Waals surface area contributed by atoms with Crippen molar-refractivity contribution in [1.82, 2.24) is 0 Å². The highest BCUT2D eigenvalue weighted by Gasteiger charge is 2.68. The van der Waals surface area contributed by atoms with E-state index < -0.39 is 0 Å². The Balaban J connectivity index is 1.63. The van der Waals surface area contributed by atoms with Gasteiger partial charge in [0, 0.05) is 11.3 Å². The normalized spacial score (nSPS) is 40.1. The molecule has 1 aromatic rings. The molecule has 6 atom stereocenters. The van der Waals surface area contributed by atoms with Crippen LogP contribution in [0.1, 0.15) is 63.7 Å². The zero-order valence-electron chi connectivity index (χ0n) is 17.2. The van der Waals surface area contributed by atoms with Crippen molar-refractivity contribution in [3.63, 3.8) is 0 Å². The average molecular weight is 373 g/mol. The highest BCUT2D eigenvalue weighted by Crippen LogP contribution is 2.65. The van der Waals surface area contributed by atoms with Gasteiger partial charge in [0.25, 0.3) is 0 Å². The third-order valence-corrected chi connectivity index (χ3v) is 7.61. The van der Waals surface area contributed by atoms with Crippen molar-refractivity contribution >= 4 is 5.97 Å². The van der Waals surface area contributed by atoms with Crippen molar-refractivity contribution in [3.05, 3.63) is 29.8 Å². The second-order valence-corrected chi connectivity index (χ2v) is 9.49. The molecule has 1 saturated carbocycles.